The number of anilines is 2. The summed E-state index contributed by atoms with van der Waals surface area (Å²) in [6.45, 7) is 5.28. The van der Waals surface area contributed by atoms with Gasteiger partial charge in [-0.2, -0.15) is 0 Å². The number of nitrogens with zero attached hydrogens (tertiary/aromatic N) is 2. The Morgan fingerprint density at radius 2 is 1.69 bits per heavy atom. The maximum atomic E-state index is 11.9. The molecule has 0 radical (unpaired) electrons. The van der Waals surface area contributed by atoms with Gasteiger partial charge in [0.1, 0.15) is 0 Å². The van der Waals surface area contributed by atoms with Gasteiger partial charge in [0.05, 0.1) is 0 Å². The van der Waals surface area contributed by atoms with Crippen LogP contribution in [0.4, 0.5) is 16.2 Å². The predicted molar refractivity (Wildman–Crippen MR) is 109 cm³/mol. The number of hydrogen-bond acceptors (Lipinski definition) is 3. The third-order valence-corrected chi connectivity index (χ3v) is 4.85. The predicted octanol–water partition coefficient (Wildman–Crippen LogP) is 3.94. The third kappa shape index (κ3) is 5.53. The standard InChI is InChI=1S/C19H22Cl2N4O/c20-15-4-6-17(7-5-15)23-19(26)22-8-9-24-10-12-25(13-11-24)18-3-1-2-16(21)14-18/h1-7,14H,8-13H2,(H2,22,23,26). The molecule has 1 aliphatic heterocycles. The highest BCUT2D eigenvalue weighted by molar-refractivity contribution is 6.31. The van der Waals surface area contributed by atoms with Gasteiger partial charge in [-0.05, 0) is 42.5 Å². The fraction of sp³-hybridized carbons (Fsp3) is 0.316. The summed E-state index contributed by atoms with van der Waals surface area (Å²) in [7, 11) is 0. The van der Waals surface area contributed by atoms with Crippen LogP contribution in [0, 0.1) is 0 Å². The van der Waals surface area contributed by atoms with Crippen molar-refractivity contribution in [1.29, 1.82) is 0 Å². The number of nitrogens with one attached hydrogen (secondary N) is 2. The maximum absolute atomic E-state index is 11.9. The number of urea groups is 1. The van der Waals surface area contributed by atoms with Crippen molar-refractivity contribution in [3.05, 3.63) is 58.6 Å². The topological polar surface area (TPSA) is 47.6 Å². The Labute approximate surface area is 163 Å². The lowest BCUT2D eigenvalue weighted by Crippen LogP contribution is -2.48. The Morgan fingerprint density at radius 3 is 2.38 bits per heavy atom. The second-order valence-electron chi connectivity index (χ2n) is 6.20. The fourth-order valence-corrected chi connectivity index (χ4v) is 3.25. The molecule has 0 unspecified atom stereocenters. The first-order chi connectivity index (χ1) is 12.6. The van der Waals surface area contributed by atoms with Gasteiger partial charge in [0.2, 0.25) is 0 Å². The van der Waals surface area contributed by atoms with Gasteiger partial charge in [-0.15, -0.1) is 0 Å². The van der Waals surface area contributed by atoms with E-state index >= 15 is 0 Å². The highest BCUT2D eigenvalue weighted by atomic mass is 35.5. The van der Waals surface area contributed by atoms with Gasteiger partial charge in [0.25, 0.3) is 0 Å². The molecular weight excluding hydrogens is 371 g/mol. The Morgan fingerprint density at radius 1 is 0.962 bits per heavy atom. The molecule has 0 bridgehead atoms. The summed E-state index contributed by atoms with van der Waals surface area (Å²) in [5.41, 5.74) is 1.89. The molecule has 1 saturated heterocycles. The lowest BCUT2D eigenvalue weighted by atomic mass is 10.2. The minimum absolute atomic E-state index is 0.204. The Kier molecular flexibility index (Phi) is 6.61. The number of amides is 2. The first-order valence-electron chi connectivity index (χ1n) is 8.63. The Hall–Kier alpha value is -1.95. The quantitative estimate of drug-likeness (QED) is 0.809. The maximum Gasteiger partial charge on any atom is 0.319 e. The number of benzene rings is 2. The van der Waals surface area contributed by atoms with Gasteiger partial charge in [0.15, 0.2) is 0 Å². The smallest absolute Gasteiger partial charge is 0.319 e. The van der Waals surface area contributed by atoms with E-state index in [1.54, 1.807) is 24.3 Å². The molecule has 138 valence electrons. The first-order valence-corrected chi connectivity index (χ1v) is 9.39. The van der Waals surface area contributed by atoms with Crippen LogP contribution in [0.2, 0.25) is 10.0 Å². The van der Waals surface area contributed by atoms with Crippen molar-refractivity contribution in [3.8, 4) is 0 Å². The average molecular weight is 393 g/mol. The zero-order valence-corrected chi connectivity index (χ0v) is 15.9. The monoisotopic (exact) mass is 392 g/mol. The molecule has 2 aromatic carbocycles. The van der Waals surface area contributed by atoms with Crippen molar-refractivity contribution in [2.75, 3.05) is 49.5 Å². The molecule has 2 amide bonds. The van der Waals surface area contributed by atoms with E-state index in [2.05, 4.69) is 26.5 Å². The summed E-state index contributed by atoms with van der Waals surface area (Å²) in [6, 6.07) is 14.8. The van der Waals surface area contributed by atoms with Crippen molar-refractivity contribution in [3.63, 3.8) is 0 Å². The summed E-state index contributed by atoms with van der Waals surface area (Å²) < 4.78 is 0. The minimum atomic E-state index is -0.204. The van der Waals surface area contributed by atoms with Crippen LogP contribution < -0.4 is 15.5 Å². The van der Waals surface area contributed by atoms with E-state index in [4.69, 9.17) is 23.2 Å². The van der Waals surface area contributed by atoms with Crippen molar-refractivity contribution >= 4 is 40.6 Å². The normalized spacial score (nSPS) is 14.9. The summed E-state index contributed by atoms with van der Waals surface area (Å²) in [4.78, 5) is 16.6. The molecule has 7 heteroatoms. The van der Waals surface area contributed by atoms with Crippen LogP contribution >= 0.6 is 23.2 Å². The molecule has 0 spiro atoms. The number of halogens is 2. The third-order valence-electron chi connectivity index (χ3n) is 4.36. The highest BCUT2D eigenvalue weighted by Gasteiger charge is 2.17. The van der Waals surface area contributed by atoms with Crippen LogP contribution in [0.1, 0.15) is 0 Å². The molecule has 0 atom stereocenters. The van der Waals surface area contributed by atoms with E-state index in [1.165, 1.54) is 0 Å². The van der Waals surface area contributed by atoms with Crippen LogP contribution in [0.3, 0.4) is 0 Å². The van der Waals surface area contributed by atoms with Gasteiger partial charge in [-0.25, -0.2) is 4.79 Å². The number of hydrogen-bond donors (Lipinski definition) is 2. The molecule has 2 N–H and O–H groups in total. The lowest BCUT2D eigenvalue weighted by molar-refractivity contribution is 0.240. The van der Waals surface area contributed by atoms with Gasteiger partial charge in [0, 0.05) is 60.7 Å². The van der Waals surface area contributed by atoms with Gasteiger partial charge >= 0.3 is 6.03 Å². The average Bonchev–Trinajstić information content (AvgIpc) is 2.64. The van der Waals surface area contributed by atoms with Crippen LogP contribution in [0.25, 0.3) is 0 Å². The summed E-state index contributed by atoms with van der Waals surface area (Å²) in [5.74, 6) is 0. The summed E-state index contributed by atoms with van der Waals surface area (Å²) >= 11 is 11.9. The molecule has 1 fully saturated rings. The molecule has 0 aromatic heterocycles. The second-order valence-corrected chi connectivity index (χ2v) is 7.07. The number of carbonyl (C=O) groups is 1. The van der Waals surface area contributed by atoms with E-state index in [0.717, 1.165) is 49.1 Å². The molecule has 26 heavy (non-hydrogen) atoms. The highest BCUT2D eigenvalue weighted by Crippen LogP contribution is 2.20. The summed E-state index contributed by atoms with van der Waals surface area (Å²) in [5, 5.41) is 7.09. The molecule has 3 rings (SSSR count). The van der Waals surface area contributed by atoms with Gasteiger partial charge in [-0.3, -0.25) is 4.90 Å². The fourth-order valence-electron chi connectivity index (χ4n) is 2.94. The number of rotatable bonds is 5. The zero-order valence-electron chi connectivity index (χ0n) is 14.4. The van der Waals surface area contributed by atoms with E-state index in [-0.39, 0.29) is 6.03 Å². The van der Waals surface area contributed by atoms with Crippen LogP contribution in [-0.4, -0.2) is 50.2 Å². The van der Waals surface area contributed by atoms with E-state index in [9.17, 15) is 4.79 Å². The Bertz CT molecular complexity index is 731. The Balaban J connectivity index is 1.36. The molecular formula is C19H22Cl2N4O. The van der Waals surface area contributed by atoms with E-state index in [1.807, 2.05) is 18.2 Å². The minimum Gasteiger partial charge on any atom is -0.369 e. The molecule has 1 heterocycles. The van der Waals surface area contributed by atoms with E-state index < -0.39 is 0 Å². The van der Waals surface area contributed by atoms with Crippen molar-refractivity contribution < 1.29 is 4.79 Å². The largest absolute Gasteiger partial charge is 0.369 e. The van der Waals surface area contributed by atoms with Crippen molar-refractivity contribution in [2.24, 2.45) is 0 Å². The lowest BCUT2D eigenvalue weighted by Gasteiger charge is -2.36. The number of carbonyl (C=O) groups excluding carboxylic acids is 1. The summed E-state index contributed by atoms with van der Waals surface area (Å²) in [6.07, 6.45) is 0. The van der Waals surface area contributed by atoms with Crippen LogP contribution in [0.5, 0.6) is 0 Å². The SMILES string of the molecule is O=C(NCCN1CCN(c2cccc(Cl)c2)CC1)Nc1ccc(Cl)cc1. The molecule has 5 nitrogen and oxygen atoms in total. The second kappa shape index (κ2) is 9.12. The van der Waals surface area contributed by atoms with E-state index in [0.29, 0.717) is 11.6 Å². The molecule has 2 aromatic rings. The zero-order chi connectivity index (χ0) is 18.4. The van der Waals surface area contributed by atoms with Crippen LogP contribution in [-0.2, 0) is 0 Å². The van der Waals surface area contributed by atoms with Gasteiger partial charge in [-0.1, -0.05) is 29.3 Å². The van der Waals surface area contributed by atoms with Gasteiger partial charge < -0.3 is 15.5 Å². The number of piperazine rings is 1. The first kappa shape index (κ1) is 18.8. The molecule has 0 saturated carbocycles. The molecule has 0 aliphatic carbocycles. The van der Waals surface area contributed by atoms with Crippen molar-refractivity contribution in [1.82, 2.24) is 10.2 Å². The van der Waals surface area contributed by atoms with Crippen molar-refractivity contribution in [2.45, 2.75) is 0 Å². The van der Waals surface area contributed by atoms with Crippen LogP contribution in [0.15, 0.2) is 48.5 Å². The molecule has 1 aliphatic rings.